The molecule has 0 atom stereocenters. The molecule has 4 heteroatoms. The zero-order valence-corrected chi connectivity index (χ0v) is 11.4. The Morgan fingerprint density at radius 2 is 1.88 bits per heavy atom. The highest BCUT2D eigenvalue weighted by Crippen LogP contribution is 2.29. The van der Waals surface area contributed by atoms with Crippen LogP contribution in [0.25, 0.3) is 10.8 Å². The number of rotatable bonds is 2. The molecule has 0 amide bonds. The molecule has 2 rings (SSSR count). The molecule has 0 bridgehead atoms. The van der Waals surface area contributed by atoms with Crippen LogP contribution in [-0.2, 0) is 11.2 Å². The van der Waals surface area contributed by atoms with Crippen LogP contribution in [0.5, 0.6) is 0 Å². The average molecular weight is 344 g/mol. The van der Waals surface area contributed by atoms with Crippen LogP contribution in [0, 0.1) is 0 Å². The summed E-state index contributed by atoms with van der Waals surface area (Å²) >= 11 is 6.79. The first-order valence-electron chi connectivity index (χ1n) is 4.66. The second kappa shape index (κ2) is 4.55. The summed E-state index contributed by atoms with van der Waals surface area (Å²) in [5.41, 5.74) is 0.811. The van der Waals surface area contributed by atoms with E-state index in [-0.39, 0.29) is 6.42 Å². The van der Waals surface area contributed by atoms with Crippen molar-refractivity contribution in [2.45, 2.75) is 6.42 Å². The van der Waals surface area contributed by atoms with E-state index in [0.717, 1.165) is 25.3 Å². The van der Waals surface area contributed by atoms with Crippen molar-refractivity contribution in [3.05, 3.63) is 44.8 Å². The van der Waals surface area contributed by atoms with Crippen molar-refractivity contribution in [1.29, 1.82) is 0 Å². The molecule has 2 nitrogen and oxygen atoms in total. The molecule has 0 aliphatic heterocycles. The van der Waals surface area contributed by atoms with E-state index >= 15 is 0 Å². The smallest absolute Gasteiger partial charge is 0.307 e. The molecule has 0 heterocycles. The van der Waals surface area contributed by atoms with Gasteiger partial charge in [0.05, 0.1) is 6.42 Å². The van der Waals surface area contributed by atoms with Crippen LogP contribution in [0.1, 0.15) is 5.56 Å². The lowest BCUT2D eigenvalue weighted by Gasteiger charge is -2.07. The lowest BCUT2D eigenvalue weighted by molar-refractivity contribution is -0.136. The Labute approximate surface area is 110 Å². The quantitative estimate of drug-likeness (QED) is 0.895. The van der Waals surface area contributed by atoms with E-state index in [0.29, 0.717) is 0 Å². The zero-order chi connectivity index (χ0) is 11.7. The molecule has 2 aromatic rings. The van der Waals surface area contributed by atoms with Crippen LogP contribution < -0.4 is 0 Å². The summed E-state index contributed by atoms with van der Waals surface area (Å²) in [7, 11) is 0. The molecule has 0 aromatic heterocycles. The molecule has 0 radical (unpaired) electrons. The molecule has 0 aliphatic carbocycles. The third-order valence-corrected chi connectivity index (χ3v) is 3.60. The van der Waals surface area contributed by atoms with Gasteiger partial charge in [-0.1, -0.05) is 44.0 Å². The van der Waals surface area contributed by atoms with Gasteiger partial charge in [-0.2, -0.15) is 0 Å². The van der Waals surface area contributed by atoms with E-state index in [9.17, 15) is 4.79 Å². The predicted molar refractivity (Wildman–Crippen MR) is 70.7 cm³/mol. The topological polar surface area (TPSA) is 37.3 Å². The summed E-state index contributed by atoms with van der Waals surface area (Å²) in [6.07, 6.45) is 0.0222. The minimum atomic E-state index is -0.826. The summed E-state index contributed by atoms with van der Waals surface area (Å²) in [6, 6.07) is 9.71. The van der Waals surface area contributed by atoms with Gasteiger partial charge in [0.1, 0.15) is 0 Å². The van der Waals surface area contributed by atoms with Crippen LogP contribution in [0.3, 0.4) is 0 Å². The van der Waals surface area contributed by atoms with Crippen molar-refractivity contribution in [1.82, 2.24) is 0 Å². The summed E-state index contributed by atoms with van der Waals surface area (Å²) in [5.74, 6) is -0.826. The van der Waals surface area contributed by atoms with Gasteiger partial charge in [0, 0.05) is 8.95 Å². The number of benzene rings is 2. The second-order valence-electron chi connectivity index (χ2n) is 3.46. The monoisotopic (exact) mass is 342 g/mol. The van der Waals surface area contributed by atoms with E-state index in [1.807, 2.05) is 30.3 Å². The van der Waals surface area contributed by atoms with Gasteiger partial charge in [-0.05, 0) is 34.5 Å². The highest BCUT2D eigenvalue weighted by molar-refractivity contribution is 9.10. The highest BCUT2D eigenvalue weighted by atomic mass is 79.9. The van der Waals surface area contributed by atoms with Crippen molar-refractivity contribution in [2.24, 2.45) is 0 Å². The van der Waals surface area contributed by atoms with E-state index in [1.165, 1.54) is 0 Å². The molecular formula is C12H8Br2O2. The van der Waals surface area contributed by atoms with Gasteiger partial charge in [-0.25, -0.2) is 0 Å². The maximum Gasteiger partial charge on any atom is 0.307 e. The lowest BCUT2D eigenvalue weighted by atomic mass is 10.0. The van der Waals surface area contributed by atoms with Gasteiger partial charge in [-0.3, -0.25) is 4.79 Å². The molecule has 2 aromatic carbocycles. The number of carbonyl (C=O) groups is 1. The minimum absolute atomic E-state index is 0.0222. The fourth-order valence-corrected chi connectivity index (χ4v) is 2.51. The van der Waals surface area contributed by atoms with E-state index in [1.54, 1.807) is 0 Å². The van der Waals surface area contributed by atoms with Crippen molar-refractivity contribution in [3.63, 3.8) is 0 Å². The standard InChI is InChI=1S/C12H8Br2O2/c13-8-3-1-7-2-4-11(14)10(6-12(15)16)9(7)5-8/h1-5H,6H2,(H,15,16). The SMILES string of the molecule is O=C(O)Cc1c(Br)ccc2ccc(Br)cc12. The molecule has 82 valence electrons. The number of carboxylic acids is 1. The summed E-state index contributed by atoms with van der Waals surface area (Å²) in [6.45, 7) is 0. The Hall–Kier alpha value is -0.870. The highest BCUT2D eigenvalue weighted by Gasteiger charge is 2.09. The van der Waals surface area contributed by atoms with Crippen LogP contribution >= 0.6 is 31.9 Å². The molecule has 0 aliphatic rings. The van der Waals surface area contributed by atoms with Gasteiger partial charge in [-0.15, -0.1) is 0 Å². The summed E-state index contributed by atoms with van der Waals surface area (Å²) < 4.78 is 1.78. The summed E-state index contributed by atoms with van der Waals surface area (Å²) in [5, 5.41) is 10.9. The number of hydrogen-bond donors (Lipinski definition) is 1. The number of hydrogen-bond acceptors (Lipinski definition) is 1. The van der Waals surface area contributed by atoms with E-state index in [4.69, 9.17) is 5.11 Å². The van der Waals surface area contributed by atoms with E-state index < -0.39 is 5.97 Å². The van der Waals surface area contributed by atoms with Gasteiger partial charge < -0.3 is 5.11 Å². The first kappa shape index (κ1) is 11.6. The Balaban J connectivity index is 2.72. The minimum Gasteiger partial charge on any atom is -0.481 e. The zero-order valence-electron chi connectivity index (χ0n) is 8.21. The maximum absolute atomic E-state index is 10.8. The van der Waals surface area contributed by atoms with Gasteiger partial charge in [0.2, 0.25) is 0 Å². The van der Waals surface area contributed by atoms with Gasteiger partial charge >= 0.3 is 5.97 Å². The van der Waals surface area contributed by atoms with Crippen molar-refractivity contribution >= 4 is 48.6 Å². The Bertz CT molecular complexity index is 559. The molecule has 0 unspecified atom stereocenters. The maximum atomic E-state index is 10.8. The molecule has 0 spiro atoms. The first-order valence-corrected chi connectivity index (χ1v) is 6.25. The second-order valence-corrected chi connectivity index (χ2v) is 5.23. The fourth-order valence-electron chi connectivity index (χ4n) is 1.66. The molecule has 0 saturated heterocycles. The first-order chi connectivity index (χ1) is 7.58. The molecule has 0 saturated carbocycles. The predicted octanol–water partition coefficient (Wildman–Crippen LogP) is 3.99. The molecule has 0 fully saturated rings. The third kappa shape index (κ3) is 2.28. The van der Waals surface area contributed by atoms with Crippen molar-refractivity contribution in [2.75, 3.05) is 0 Å². The number of halogens is 2. The number of aliphatic carboxylic acids is 1. The molecule has 1 N–H and O–H groups in total. The summed E-state index contributed by atoms with van der Waals surface area (Å²) in [4.78, 5) is 10.8. The van der Waals surface area contributed by atoms with Crippen molar-refractivity contribution in [3.8, 4) is 0 Å². The fraction of sp³-hybridized carbons (Fsp3) is 0.0833. The van der Waals surface area contributed by atoms with Crippen LogP contribution in [0.2, 0.25) is 0 Å². The van der Waals surface area contributed by atoms with E-state index in [2.05, 4.69) is 31.9 Å². The molecule has 16 heavy (non-hydrogen) atoms. The Morgan fingerprint density at radius 1 is 1.19 bits per heavy atom. The van der Waals surface area contributed by atoms with Crippen LogP contribution in [0.15, 0.2) is 39.3 Å². The van der Waals surface area contributed by atoms with Gasteiger partial charge in [0.25, 0.3) is 0 Å². The molecular weight excluding hydrogens is 336 g/mol. The van der Waals surface area contributed by atoms with Crippen molar-refractivity contribution < 1.29 is 9.90 Å². The van der Waals surface area contributed by atoms with Crippen LogP contribution in [-0.4, -0.2) is 11.1 Å². The Kier molecular flexibility index (Phi) is 3.30. The normalized spacial score (nSPS) is 10.6. The number of fused-ring (bicyclic) bond motifs is 1. The van der Waals surface area contributed by atoms with Gasteiger partial charge in [0.15, 0.2) is 0 Å². The third-order valence-electron chi connectivity index (χ3n) is 2.37. The lowest BCUT2D eigenvalue weighted by Crippen LogP contribution is -2.01. The number of carboxylic acid groups (broad SMARTS) is 1. The van der Waals surface area contributed by atoms with Crippen LogP contribution in [0.4, 0.5) is 0 Å². The average Bonchev–Trinajstić information content (AvgIpc) is 2.22. The Morgan fingerprint density at radius 3 is 2.56 bits per heavy atom. The largest absolute Gasteiger partial charge is 0.481 e.